The largest absolute Gasteiger partial charge is 0.0843 e. The highest BCUT2D eigenvalue weighted by Gasteiger charge is 2.30. The van der Waals surface area contributed by atoms with Crippen molar-refractivity contribution in [1.82, 2.24) is 0 Å². The maximum absolute atomic E-state index is 6.19. The summed E-state index contributed by atoms with van der Waals surface area (Å²) in [6.45, 7) is 0. The minimum atomic E-state index is 0.503. The third-order valence-electron chi connectivity index (χ3n) is 4.74. The molecule has 0 bridgehead atoms. The molecule has 0 saturated heterocycles. The number of hydrogen-bond acceptors (Lipinski definition) is 0. The molecule has 0 unspecified atom stereocenters. The van der Waals surface area contributed by atoms with E-state index >= 15 is 0 Å². The molecule has 0 amide bonds. The van der Waals surface area contributed by atoms with Crippen LogP contribution in [0.25, 0.3) is 5.57 Å². The van der Waals surface area contributed by atoms with Crippen LogP contribution in [0.15, 0.2) is 54.6 Å². The minimum absolute atomic E-state index is 0.503. The third kappa shape index (κ3) is 2.53. The number of allylic oxidation sites excluding steroid dienone is 2. The van der Waals surface area contributed by atoms with Gasteiger partial charge in [-0.15, -0.1) is 0 Å². The van der Waals surface area contributed by atoms with Crippen LogP contribution < -0.4 is 0 Å². The van der Waals surface area contributed by atoms with Gasteiger partial charge in [-0.05, 0) is 66.0 Å². The molecule has 1 heteroatoms. The van der Waals surface area contributed by atoms with Gasteiger partial charge in [0.1, 0.15) is 0 Å². The molecule has 2 aromatic carbocycles. The summed E-state index contributed by atoms with van der Waals surface area (Å²) in [5.41, 5.74) is 5.90. The molecule has 4 rings (SSSR count). The third-order valence-corrected chi connectivity index (χ3v) is 4.97. The molecule has 2 aliphatic carbocycles. The number of hydrogen-bond donors (Lipinski definition) is 0. The maximum Gasteiger partial charge on any atom is 0.0408 e. The molecule has 0 heterocycles. The normalized spacial score (nSPS) is 21.4. The molecule has 0 N–H and O–H groups in total. The lowest BCUT2D eigenvalue weighted by Crippen LogP contribution is -2.00. The van der Waals surface area contributed by atoms with E-state index in [4.69, 9.17) is 11.6 Å². The Balaban J connectivity index is 1.74. The predicted molar refractivity (Wildman–Crippen MR) is 89.8 cm³/mol. The second-order valence-electron chi connectivity index (χ2n) is 6.21. The van der Waals surface area contributed by atoms with Crippen molar-refractivity contribution < 1.29 is 0 Å². The van der Waals surface area contributed by atoms with Crippen LogP contribution in [0.2, 0.25) is 5.02 Å². The van der Waals surface area contributed by atoms with E-state index in [-0.39, 0.29) is 0 Å². The van der Waals surface area contributed by atoms with E-state index in [9.17, 15) is 0 Å². The van der Waals surface area contributed by atoms with Gasteiger partial charge in [-0.25, -0.2) is 0 Å². The Bertz CT molecular complexity index is 694. The molecule has 1 fully saturated rings. The monoisotopic (exact) mass is 294 g/mol. The molecule has 1 atom stereocenters. The van der Waals surface area contributed by atoms with E-state index in [1.807, 2.05) is 6.07 Å². The van der Waals surface area contributed by atoms with E-state index in [0.717, 1.165) is 10.9 Å². The highest BCUT2D eigenvalue weighted by molar-refractivity contribution is 6.30. The molecule has 2 aromatic rings. The Hall–Kier alpha value is -1.53. The molecule has 21 heavy (non-hydrogen) atoms. The molecule has 0 aliphatic heterocycles. The van der Waals surface area contributed by atoms with Gasteiger partial charge >= 0.3 is 0 Å². The average molecular weight is 295 g/mol. The van der Waals surface area contributed by atoms with Crippen molar-refractivity contribution in [3.63, 3.8) is 0 Å². The maximum atomic E-state index is 6.19. The van der Waals surface area contributed by atoms with Crippen molar-refractivity contribution in [3.8, 4) is 0 Å². The molecule has 0 nitrogen and oxygen atoms in total. The van der Waals surface area contributed by atoms with Crippen molar-refractivity contribution in [2.75, 3.05) is 0 Å². The van der Waals surface area contributed by atoms with Gasteiger partial charge < -0.3 is 0 Å². The SMILES string of the molecule is Clc1cccc([C@@H]2CCC=C2c2ccccc2C2CC2)c1. The molecule has 106 valence electrons. The summed E-state index contributed by atoms with van der Waals surface area (Å²) in [6.07, 6.45) is 7.52. The van der Waals surface area contributed by atoms with Crippen LogP contribution in [-0.2, 0) is 0 Å². The van der Waals surface area contributed by atoms with Crippen molar-refractivity contribution >= 4 is 17.2 Å². The van der Waals surface area contributed by atoms with Gasteiger partial charge in [0.25, 0.3) is 0 Å². The molecule has 1 saturated carbocycles. The molecular weight excluding hydrogens is 276 g/mol. The van der Waals surface area contributed by atoms with Gasteiger partial charge in [0, 0.05) is 10.9 Å². The molecule has 2 aliphatic rings. The first-order valence-electron chi connectivity index (χ1n) is 7.88. The highest BCUT2D eigenvalue weighted by atomic mass is 35.5. The summed E-state index contributed by atoms with van der Waals surface area (Å²) in [6, 6.07) is 17.4. The van der Waals surface area contributed by atoms with Crippen molar-refractivity contribution in [2.24, 2.45) is 0 Å². The first-order valence-corrected chi connectivity index (χ1v) is 8.25. The van der Waals surface area contributed by atoms with Gasteiger partial charge in [0.15, 0.2) is 0 Å². The minimum Gasteiger partial charge on any atom is -0.0843 e. The van der Waals surface area contributed by atoms with E-state index < -0.39 is 0 Å². The summed E-state index contributed by atoms with van der Waals surface area (Å²) in [5.74, 6) is 1.30. The fraction of sp³-hybridized carbons (Fsp3) is 0.300. The van der Waals surface area contributed by atoms with Crippen LogP contribution >= 0.6 is 11.6 Å². The summed E-state index contributed by atoms with van der Waals surface area (Å²) in [7, 11) is 0. The first-order chi connectivity index (χ1) is 10.3. The lowest BCUT2D eigenvalue weighted by Gasteiger charge is -2.19. The average Bonchev–Trinajstić information content (AvgIpc) is 3.24. The standard InChI is InChI=1S/C20H19Cl/c21-16-6-3-5-15(13-16)18-9-4-10-20(18)19-8-2-1-7-17(19)14-11-12-14/h1-3,5-8,10,13-14,18H,4,9,11-12H2/t18-/m0/s1. The Morgan fingerprint density at radius 1 is 0.905 bits per heavy atom. The number of rotatable bonds is 3. The molecular formula is C20H19Cl. The summed E-state index contributed by atoms with van der Waals surface area (Å²) < 4.78 is 0. The molecule has 0 radical (unpaired) electrons. The van der Waals surface area contributed by atoms with Crippen LogP contribution in [0.3, 0.4) is 0 Å². The zero-order valence-corrected chi connectivity index (χ0v) is 12.8. The quantitative estimate of drug-likeness (QED) is 0.634. The van der Waals surface area contributed by atoms with Gasteiger partial charge in [-0.1, -0.05) is 54.1 Å². The van der Waals surface area contributed by atoms with Crippen molar-refractivity contribution in [1.29, 1.82) is 0 Å². The van der Waals surface area contributed by atoms with Gasteiger partial charge in [-0.2, -0.15) is 0 Å². The summed E-state index contributed by atoms with van der Waals surface area (Å²) in [5, 5.41) is 0.842. The topological polar surface area (TPSA) is 0 Å². The number of halogens is 1. The number of benzene rings is 2. The van der Waals surface area contributed by atoms with Crippen LogP contribution in [0.5, 0.6) is 0 Å². The Morgan fingerprint density at radius 2 is 1.76 bits per heavy atom. The van der Waals surface area contributed by atoms with E-state index in [2.05, 4.69) is 48.5 Å². The fourth-order valence-corrected chi connectivity index (χ4v) is 3.78. The summed E-state index contributed by atoms with van der Waals surface area (Å²) >= 11 is 6.19. The second kappa shape index (κ2) is 5.35. The van der Waals surface area contributed by atoms with E-state index in [0.29, 0.717) is 5.92 Å². The van der Waals surface area contributed by atoms with Crippen LogP contribution in [-0.4, -0.2) is 0 Å². The van der Waals surface area contributed by atoms with E-state index in [1.54, 1.807) is 5.56 Å². The Morgan fingerprint density at radius 3 is 2.57 bits per heavy atom. The first kappa shape index (κ1) is 13.2. The van der Waals surface area contributed by atoms with Crippen LogP contribution in [0.4, 0.5) is 0 Å². The Kier molecular flexibility index (Phi) is 3.35. The smallest absolute Gasteiger partial charge is 0.0408 e. The van der Waals surface area contributed by atoms with E-state index in [1.165, 1.54) is 42.4 Å². The Labute approximate surface area is 131 Å². The summed E-state index contributed by atoms with van der Waals surface area (Å²) in [4.78, 5) is 0. The zero-order chi connectivity index (χ0) is 14.2. The second-order valence-corrected chi connectivity index (χ2v) is 6.64. The van der Waals surface area contributed by atoms with Crippen molar-refractivity contribution in [2.45, 2.75) is 37.5 Å². The molecule has 0 aromatic heterocycles. The van der Waals surface area contributed by atoms with Crippen LogP contribution in [0, 0.1) is 0 Å². The van der Waals surface area contributed by atoms with Gasteiger partial charge in [0.05, 0.1) is 0 Å². The lowest BCUT2D eigenvalue weighted by atomic mass is 9.86. The van der Waals surface area contributed by atoms with Crippen LogP contribution in [0.1, 0.15) is 54.2 Å². The lowest BCUT2D eigenvalue weighted by molar-refractivity contribution is 0.810. The zero-order valence-electron chi connectivity index (χ0n) is 12.1. The predicted octanol–water partition coefficient (Wildman–Crippen LogP) is 6.18. The van der Waals surface area contributed by atoms with Gasteiger partial charge in [-0.3, -0.25) is 0 Å². The van der Waals surface area contributed by atoms with Crippen molar-refractivity contribution in [3.05, 3.63) is 76.3 Å². The fourth-order valence-electron chi connectivity index (χ4n) is 3.58. The molecule has 0 spiro atoms. The van der Waals surface area contributed by atoms with Gasteiger partial charge in [0.2, 0.25) is 0 Å². The highest BCUT2D eigenvalue weighted by Crippen LogP contribution is 2.48.